The lowest BCUT2D eigenvalue weighted by Crippen LogP contribution is -2.26. The second-order valence-corrected chi connectivity index (χ2v) is 8.37. The first-order chi connectivity index (χ1) is 12.0. The largest absolute Gasteiger partial charge is 0.254 e. The van der Waals surface area contributed by atoms with Crippen LogP contribution < -0.4 is 4.72 Å². The van der Waals surface area contributed by atoms with Gasteiger partial charge >= 0.3 is 0 Å². The summed E-state index contributed by atoms with van der Waals surface area (Å²) in [6.45, 7) is 4.06. The lowest BCUT2D eigenvalue weighted by molar-refractivity contribution is 0.580. The van der Waals surface area contributed by atoms with E-state index >= 15 is 0 Å². The number of hydrogen-bond donors (Lipinski definition) is 1. The molecule has 7 heteroatoms. The quantitative estimate of drug-likeness (QED) is 0.719. The van der Waals surface area contributed by atoms with Crippen molar-refractivity contribution in [2.24, 2.45) is 0 Å². The zero-order chi connectivity index (χ0) is 17.9. The molecule has 3 rings (SSSR count). The number of sulfonamides is 1. The van der Waals surface area contributed by atoms with Crippen LogP contribution in [-0.2, 0) is 16.4 Å². The van der Waals surface area contributed by atoms with Crippen LogP contribution in [0.25, 0.3) is 10.7 Å². The molecule has 0 aliphatic rings. The Morgan fingerprint density at radius 1 is 1.16 bits per heavy atom. The maximum absolute atomic E-state index is 12.4. The fraction of sp³-hybridized carbons (Fsp3) is 0.222. The van der Waals surface area contributed by atoms with E-state index in [-0.39, 0.29) is 0 Å². The first-order valence-electron chi connectivity index (χ1n) is 7.88. The van der Waals surface area contributed by atoms with Gasteiger partial charge < -0.3 is 0 Å². The van der Waals surface area contributed by atoms with Gasteiger partial charge in [-0.05, 0) is 37.6 Å². The van der Waals surface area contributed by atoms with Crippen LogP contribution in [0.3, 0.4) is 0 Å². The molecule has 0 bridgehead atoms. The van der Waals surface area contributed by atoms with Gasteiger partial charge in [-0.3, -0.25) is 4.98 Å². The summed E-state index contributed by atoms with van der Waals surface area (Å²) in [4.78, 5) is 9.12. The lowest BCUT2D eigenvalue weighted by Gasteiger charge is -2.09. The average Bonchev–Trinajstić information content (AvgIpc) is 3.04. The van der Waals surface area contributed by atoms with E-state index in [9.17, 15) is 8.42 Å². The molecule has 2 heterocycles. The Morgan fingerprint density at radius 2 is 2.00 bits per heavy atom. The van der Waals surface area contributed by atoms with Gasteiger partial charge in [0.1, 0.15) is 5.01 Å². The summed E-state index contributed by atoms with van der Waals surface area (Å²) < 4.78 is 27.5. The van der Waals surface area contributed by atoms with Crippen molar-refractivity contribution in [3.63, 3.8) is 0 Å². The van der Waals surface area contributed by atoms with Gasteiger partial charge in [0.05, 0.1) is 16.3 Å². The molecule has 2 aromatic heterocycles. The Bertz CT molecular complexity index is 967. The van der Waals surface area contributed by atoms with Crippen molar-refractivity contribution in [1.29, 1.82) is 0 Å². The molecule has 0 spiro atoms. The lowest BCUT2D eigenvalue weighted by atomic mass is 10.2. The van der Waals surface area contributed by atoms with E-state index in [1.54, 1.807) is 25.3 Å². The van der Waals surface area contributed by atoms with E-state index in [0.717, 1.165) is 27.5 Å². The van der Waals surface area contributed by atoms with Crippen molar-refractivity contribution in [3.8, 4) is 10.7 Å². The van der Waals surface area contributed by atoms with Gasteiger partial charge in [0.25, 0.3) is 0 Å². The fourth-order valence-electron chi connectivity index (χ4n) is 2.52. The van der Waals surface area contributed by atoms with Crippen LogP contribution in [0, 0.1) is 13.8 Å². The second-order valence-electron chi connectivity index (χ2n) is 5.78. The Kier molecular flexibility index (Phi) is 5.27. The third kappa shape index (κ3) is 4.31. The molecule has 0 aliphatic carbocycles. The number of benzene rings is 1. The van der Waals surface area contributed by atoms with Crippen LogP contribution >= 0.6 is 11.3 Å². The molecule has 1 N–H and O–H groups in total. The summed E-state index contributed by atoms with van der Waals surface area (Å²) in [6.07, 6.45) is 2.27. The van der Waals surface area contributed by atoms with E-state index in [2.05, 4.69) is 14.7 Å². The Hall–Kier alpha value is -2.09. The van der Waals surface area contributed by atoms with E-state index < -0.39 is 10.0 Å². The molecular weight excluding hydrogens is 354 g/mol. The molecule has 0 aliphatic heterocycles. The maximum Gasteiger partial charge on any atom is 0.240 e. The highest BCUT2D eigenvalue weighted by Gasteiger charge is 2.16. The summed E-state index contributed by atoms with van der Waals surface area (Å²) in [7, 11) is -3.51. The van der Waals surface area contributed by atoms with Crippen molar-refractivity contribution in [2.75, 3.05) is 6.54 Å². The predicted octanol–water partition coefficient (Wildman–Crippen LogP) is 3.34. The smallest absolute Gasteiger partial charge is 0.240 e. The molecule has 0 amide bonds. The number of hydrogen-bond acceptors (Lipinski definition) is 5. The molecule has 0 unspecified atom stereocenters. The number of thiazole rings is 1. The van der Waals surface area contributed by atoms with Gasteiger partial charge in [0.15, 0.2) is 0 Å². The monoisotopic (exact) mass is 373 g/mol. The summed E-state index contributed by atoms with van der Waals surface area (Å²) in [5.41, 5.74) is 3.48. The minimum Gasteiger partial charge on any atom is -0.254 e. The van der Waals surface area contributed by atoms with Crippen LogP contribution in [0.2, 0.25) is 0 Å². The van der Waals surface area contributed by atoms with Crippen LogP contribution in [0.4, 0.5) is 0 Å². The van der Waals surface area contributed by atoms with Crippen molar-refractivity contribution in [3.05, 3.63) is 64.8 Å². The highest BCUT2D eigenvalue weighted by atomic mass is 32.2. The SMILES string of the molecule is Cc1ccc(S(=O)(=O)NCCc2csc(-c3ccccn3)n2)c(C)c1. The number of aromatic nitrogens is 2. The van der Waals surface area contributed by atoms with Gasteiger partial charge in [-0.1, -0.05) is 23.8 Å². The van der Waals surface area contributed by atoms with E-state index in [1.807, 2.05) is 36.6 Å². The molecule has 3 aromatic rings. The first-order valence-corrected chi connectivity index (χ1v) is 10.2. The highest BCUT2D eigenvalue weighted by molar-refractivity contribution is 7.89. The third-order valence-electron chi connectivity index (χ3n) is 3.73. The molecule has 0 fully saturated rings. The van der Waals surface area contributed by atoms with E-state index in [4.69, 9.17) is 0 Å². The second kappa shape index (κ2) is 7.43. The maximum atomic E-state index is 12.4. The molecule has 5 nitrogen and oxygen atoms in total. The van der Waals surface area contributed by atoms with Crippen molar-refractivity contribution in [1.82, 2.24) is 14.7 Å². The Labute approximate surface area is 151 Å². The standard InChI is InChI=1S/C18H19N3O2S2/c1-13-6-7-17(14(2)11-13)25(22,23)20-10-8-15-12-24-18(21-15)16-5-3-4-9-19-16/h3-7,9,11-12,20H,8,10H2,1-2H3. The van der Waals surface area contributed by atoms with Crippen LogP contribution in [0.5, 0.6) is 0 Å². The Morgan fingerprint density at radius 3 is 2.72 bits per heavy atom. The summed E-state index contributed by atoms with van der Waals surface area (Å²) >= 11 is 1.51. The number of nitrogens with zero attached hydrogens (tertiary/aromatic N) is 2. The zero-order valence-electron chi connectivity index (χ0n) is 14.1. The van der Waals surface area contributed by atoms with Gasteiger partial charge in [-0.25, -0.2) is 18.1 Å². The first kappa shape index (κ1) is 17.7. The molecule has 25 heavy (non-hydrogen) atoms. The van der Waals surface area contributed by atoms with Crippen molar-refractivity contribution >= 4 is 21.4 Å². The molecular formula is C18H19N3O2S2. The van der Waals surface area contributed by atoms with Crippen molar-refractivity contribution in [2.45, 2.75) is 25.2 Å². The van der Waals surface area contributed by atoms with Crippen LogP contribution in [0.1, 0.15) is 16.8 Å². The molecule has 0 saturated heterocycles. The van der Waals surface area contributed by atoms with Gasteiger partial charge in [-0.15, -0.1) is 11.3 Å². The summed E-state index contributed by atoms with van der Waals surface area (Å²) in [5.74, 6) is 0. The van der Waals surface area contributed by atoms with E-state index in [1.165, 1.54) is 11.3 Å². The van der Waals surface area contributed by atoms with Gasteiger partial charge in [0, 0.05) is 24.5 Å². The van der Waals surface area contributed by atoms with E-state index in [0.29, 0.717) is 17.9 Å². The summed E-state index contributed by atoms with van der Waals surface area (Å²) in [5, 5.41) is 2.78. The molecule has 0 radical (unpaired) electrons. The van der Waals surface area contributed by atoms with Crippen LogP contribution in [-0.4, -0.2) is 24.9 Å². The normalized spacial score (nSPS) is 11.6. The number of aryl methyl sites for hydroxylation is 2. The number of rotatable bonds is 6. The zero-order valence-corrected chi connectivity index (χ0v) is 15.7. The highest BCUT2D eigenvalue weighted by Crippen LogP contribution is 2.21. The van der Waals surface area contributed by atoms with Crippen LogP contribution in [0.15, 0.2) is 52.9 Å². The Balaban J connectivity index is 1.64. The molecule has 1 aromatic carbocycles. The molecule has 0 atom stereocenters. The molecule has 130 valence electrons. The minimum absolute atomic E-state index is 0.307. The summed E-state index contributed by atoms with van der Waals surface area (Å²) in [6, 6.07) is 11.0. The topological polar surface area (TPSA) is 72.0 Å². The van der Waals surface area contributed by atoms with Gasteiger partial charge in [-0.2, -0.15) is 0 Å². The number of pyridine rings is 1. The fourth-order valence-corrected chi connectivity index (χ4v) is 4.61. The third-order valence-corrected chi connectivity index (χ3v) is 6.26. The number of nitrogens with one attached hydrogen (secondary N) is 1. The average molecular weight is 374 g/mol. The minimum atomic E-state index is -3.51. The molecule has 0 saturated carbocycles. The predicted molar refractivity (Wildman–Crippen MR) is 100 cm³/mol. The van der Waals surface area contributed by atoms with Gasteiger partial charge in [0.2, 0.25) is 10.0 Å². The van der Waals surface area contributed by atoms with Crippen molar-refractivity contribution < 1.29 is 8.42 Å².